The molecule has 0 radical (unpaired) electrons. The number of aliphatic imine (C=N–C) groups is 1. The molecule has 0 fully saturated rings. The zero-order valence-corrected chi connectivity index (χ0v) is 18.4. The molecule has 0 unspecified atom stereocenters. The Morgan fingerprint density at radius 3 is 2.85 bits per heavy atom. The lowest BCUT2D eigenvalue weighted by Gasteiger charge is -2.12. The first kappa shape index (κ1) is 20.7. The predicted molar refractivity (Wildman–Crippen MR) is 122 cm³/mol. The maximum Gasteiger partial charge on any atom is 0.191 e. The highest BCUT2D eigenvalue weighted by Crippen LogP contribution is 2.15. The summed E-state index contributed by atoms with van der Waals surface area (Å²) in [5, 5.41) is 8.02. The van der Waals surface area contributed by atoms with Crippen LogP contribution < -0.4 is 10.6 Å². The van der Waals surface area contributed by atoms with E-state index in [-0.39, 0.29) is 24.0 Å². The first-order valence-electron chi connectivity index (χ1n) is 8.73. The van der Waals surface area contributed by atoms with Crippen LogP contribution in [0.1, 0.15) is 23.9 Å². The molecule has 2 aromatic heterocycles. The molecule has 140 valence electrons. The summed E-state index contributed by atoms with van der Waals surface area (Å²) in [4.78, 5) is 10.2. The Morgan fingerprint density at radius 1 is 1.23 bits per heavy atom. The predicted octanol–water partition coefficient (Wildman–Crippen LogP) is 4.17. The molecule has 26 heavy (non-hydrogen) atoms. The van der Waals surface area contributed by atoms with Crippen molar-refractivity contribution in [1.82, 2.24) is 20.2 Å². The minimum atomic E-state index is 0. The Kier molecular flexibility index (Phi) is 8.37. The van der Waals surface area contributed by atoms with E-state index in [9.17, 15) is 0 Å². The number of rotatable bonds is 7. The number of guanidine groups is 1. The van der Waals surface area contributed by atoms with Crippen LogP contribution >= 0.6 is 35.3 Å². The van der Waals surface area contributed by atoms with Crippen molar-refractivity contribution in [2.75, 3.05) is 13.1 Å². The Labute approximate surface area is 176 Å². The second kappa shape index (κ2) is 10.5. The summed E-state index contributed by atoms with van der Waals surface area (Å²) in [6.45, 7) is 7.53. The number of halogens is 1. The maximum absolute atomic E-state index is 4.66. The van der Waals surface area contributed by atoms with Gasteiger partial charge in [0.1, 0.15) is 0 Å². The van der Waals surface area contributed by atoms with Crippen LogP contribution in [-0.4, -0.2) is 28.6 Å². The van der Waals surface area contributed by atoms with E-state index in [1.54, 1.807) is 11.3 Å². The lowest BCUT2D eigenvalue weighted by atomic mass is 10.2. The van der Waals surface area contributed by atoms with Crippen molar-refractivity contribution in [3.05, 3.63) is 52.6 Å². The van der Waals surface area contributed by atoms with Gasteiger partial charge in [0.2, 0.25) is 0 Å². The van der Waals surface area contributed by atoms with Gasteiger partial charge in [-0.1, -0.05) is 18.2 Å². The molecule has 3 rings (SSSR count). The minimum Gasteiger partial charge on any atom is -0.357 e. The third-order valence-electron chi connectivity index (χ3n) is 4.12. The Hall–Kier alpha value is -1.61. The van der Waals surface area contributed by atoms with E-state index in [1.165, 1.54) is 15.8 Å². The van der Waals surface area contributed by atoms with Crippen LogP contribution in [0.3, 0.4) is 0 Å². The highest BCUT2D eigenvalue weighted by Gasteiger charge is 2.03. The molecule has 0 atom stereocenters. The topological polar surface area (TPSA) is 54.2 Å². The summed E-state index contributed by atoms with van der Waals surface area (Å²) < 4.78 is 2.31. The van der Waals surface area contributed by atoms with E-state index in [2.05, 4.69) is 68.6 Å². The number of nitrogens with zero attached hydrogens (tertiary/aromatic N) is 3. The zero-order valence-electron chi connectivity index (χ0n) is 15.2. The molecule has 0 aliphatic carbocycles. The van der Waals surface area contributed by atoms with E-state index in [0.29, 0.717) is 6.54 Å². The lowest BCUT2D eigenvalue weighted by Crippen LogP contribution is -2.38. The van der Waals surface area contributed by atoms with Crippen LogP contribution in [-0.2, 0) is 13.1 Å². The molecular weight excluding hydrogens is 457 g/mol. The molecule has 1 aromatic carbocycles. The van der Waals surface area contributed by atoms with Gasteiger partial charge in [-0.3, -0.25) is 0 Å². The highest BCUT2D eigenvalue weighted by molar-refractivity contribution is 14.0. The highest BCUT2D eigenvalue weighted by atomic mass is 127. The van der Waals surface area contributed by atoms with Crippen LogP contribution in [0.4, 0.5) is 0 Å². The van der Waals surface area contributed by atoms with Crippen LogP contribution in [0.5, 0.6) is 0 Å². The number of benzene rings is 1. The van der Waals surface area contributed by atoms with E-state index < -0.39 is 0 Å². The number of aromatic nitrogens is 2. The van der Waals surface area contributed by atoms with Crippen molar-refractivity contribution in [3.63, 3.8) is 0 Å². The number of hydrogen-bond donors (Lipinski definition) is 2. The smallest absolute Gasteiger partial charge is 0.191 e. The van der Waals surface area contributed by atoms with Crippen molar-refractivity contribution in [1.29, 1.82) is 0 Å². The van der Waals surface area contributed by atoms with E-state index >= 15 is 0 Å². The van der Waals surface area contributed by atoms with Crippen molar-refractivity contribution in [2.24, 2.45) is 4.99 Å². The molecule has 0 saturated heterocycles. The summed E-state index contributed by atoms with van der Waals surface area (Å²) in [6, 6.07) is 10.7. The third-order valence-corrected chi connectivity index (χ3v) is 5.04. The van der Waals surface area contributed by atoms with Crippen LogP contribution in [0.2, 0.25) is 0 Å². The van der Waals surface area contributed by atoms with Crippen molar-refractivity contribution < 1.29 is 0 Å². The van der Waals surface area contributed by atoms with Crippen molar-refractivity contribution >= 4 is 52.2 Å². The fourth-order valence-corrected chi connectivity index (χ4v) is 3.46. The molecule has 0 saturated carbocycles. The number of aryl methyl sites for hydroxylation is 2. The monoisotopic (exact) mass is 483 g/mol. The SMILES string of the molecule is CCNC(=NCc1scnc1C)NCCCn1ccc2ccccc21.I. The molecule has 5 nitrogen and oxygen atoms in total. The molecule has 0 aliphatic rings. The quantitative estimate of drug-likeness (QED) is 0.230. The molecule has 2 heterocycles. The standard InChI is InChI=1S/C19H25N5S.HI/c1-3-20-19(22-13-18-15(2)23-14-25-18)21-10-6-11-24-12-9-16-7-4-5-8-17(16)24;/h4-5,7-9,12,14H,3,6,10-11,13H2,1-2H3,(H2,20,21,22);1H. The number of para-hydroxylation sites is 1. The number of thiazole rings is 1. The fraction of sp³-hybridized carbons (Fsp3) is 0.368. The Morgan fingerprint density at radius 2 is 2.08 bits per heavy atom. The average Bonchev–Trinajstić information content (AvgIpc) is 3.22. The third kappa shape index (κ3) is 5.44. The molecular formula is C19H26IN5S. The number of fused-ring (bicyclic) bond motifs is 1. The molecule has 0 amide bonds. The lowest BCUT2D eigenvalue weighted by molar-refractivity contribution is 0.641. The largest absolute Gasteiger partial charge is 0.357 e. The summed E-state index contributed by atoms with van der Waals surface area (Å²) in [7, 11) is 0. The van der Waals surface area contributed by atoms with Gasteiger partial charge in [-0.2, -0.15) is 0 Å². The maximum atomic E-state index is 4.66. The van der Waals surface area contributed by atoms with Gasteiger partial charge in [-0.05, 0) is 37.8 Å². The molecule has 3 aromatic rings. The Balaban J connectivity index is 0.00000243. The van der Waals surface area contributed by atoms with Gasteiger partial charge < -0.3 is 15.2 Å². The van der Waals surface area contributed by atoms with Crippen LogP contribution in [0, 0.1) is 6.92 Å². The van der Waals surface area contributed by atoms with Crippen molar-refractivity contribution in [3.8, 4) is 0 Å². The van der Waals surface area contributed by atoms with Gasteiger partial charge in [-0.15, -0.1) is 35.3 Å². The Bertz CT molecular complexity index is 839. The summed E-state index contributed by atoms with van der Waals surface area (Å²) in [5.74, 6) is 0.868. The van der Waals surface area contributed by atoms with Gasteiger partial charge in [0, 0.05) is 36.2 Å². The first-order valence-corrected chi connectivity index (χ1v) is 9.61. The van der Waals surface area contributed by atoms with Gasteiger partial charge in [0.25, 0.3) is 0 Å². The summed E-state index contributed by atoms with van der Waals surface area (Å²) in [5.41, 5.74) is 4.25. The van der Waals surface area contributed by atoms with Gasteiger partial charge in [-0.25, -0.2) is 9.98 Å². The van der Waals surface area contributed by atoms with Crippen molar-refractivity contribution in [2.45, 2.75) is 33.4 Å². The first-order chi connectivity index (χ1) is 12.3. The number of hydrogen-bond acceptors (Lipinski definition) is 3. The van der Waals surface area contributed by atoms with E-state index in [0.717, 1.165) is 37.7 Å². The molecule has 0 aliphatic heterocycles. The van der Waals surface area contributed by atoms with E-state index in [1.807, 2.05) is 12.4 Å². The zero-order chi connectivity index (χ0) is 17.5. The van der Waals surface area contributed by atoms with Crippen LogP contribution in [0.15, 0.2) is 47.0 Å². The van der Waals surface area contributed by atoms with Gasteiger partial charge in [0.15, 0.2) is 5.96 Å². The minimum absolute atomic E-state index is 0. The normalized spacial score (nSPS) is 11.4. The second-order valence-electron chi connectivity index (χ2n) is 5.90. The average molecular weight is 483 g/mol. The van der Waals surface area contributed by atoms with E-state index in [4.69, 9.17) is 0 Å². The molecule has 7 heteroatoms. The van der Waals surface area contributed by atoms with Gasteiger partial charge >= 0.3 is 0 Å². The molecule has 0 spiro atoms. The van der Waals surface area contributed by atoms with Gasteiger partial charge in [0.05, 0.1) is 17.7 Å². The summed E-state index contributed by atoms with van der Waals surface area (Å²) in [6.07, 6.45) is 3.21. The second-order valence-corrected chi connectivity index (χ2v) is 6.84. The fourth-order valence-electron chi connectivity index (χ4n) is 2.76. The summed E-state index contributed by atoms with van der Waals surface area (Å²) >= 11 is 1.66. The molecule has 0 bridgehead atoms. The molecule has 2 N–H and O–H groups in total. The number of nitrogens with one attached hydrogen (secondary N) is 2. The van der Waals surface area contributed by atoms with Crippen LogP contribution in [0.25, 0.3) is 10.9 Å².